The molecule has 1 saturated heterocycles. The van der Waals surface area contributed by atoms with Gasteiger partial charge in [-0.25, -0.2) is 9.97 Å². The van der Waals surface area contributed by atoms with Crippen LogP contribution in [0.25, 0.3) is 10.2 Å². The van der Waals surface area contributed by atoms with Gasteiger partial charge < -0.3 is 10.2 Å². The number of aromatic nitrogens is 2. The number of aryl methyl sites for hydroxylation is 1. The van der Waals surface area contributed by atoms with Gasteiger partial charge in [-0.05, 0) is 17.9 Å². The van der Waals surface area contributed by atoms with Crippen molar-refractivity contribution < 1.29 is 4.90 Å². The molecule has 0 spiro atoms. The van der Waals surface area contributed by atoms with Gasteiger partial charge in [-0.15, -0.1) is 11.3 Å². The Balaban J connectivity index is 1.38. The lowest BCUT2D eigenvalue weighted by Gasteiger charge is -2.30. The number of rotatable bonds is 4. The summed E-state index contributed by atoms with van der Waals surface area (Å²) in [6.07, 6.45) is 4.06. The van der Waals surface area contributed by atoms with Crippen LogP contribution in [0.5, 0.6) is 0 Å². The molecule has 3 aromatic rings. The quantitative estimate of drug-likeness (QED) is 0.768. The minimum Gasteiger partial charge on any atom is -0.366 e. The Morgan fingerprint density at radius 3 is 2.75 bits per heavy atom. The fourth-order valence-electron chi connectivity index (χ4n) is 3.55. The molecule has 0 aliphatic carbocycles. The van der Waals surface area contributed by atoms with Crippen LogP contribution in [0.4, 0.5) is 5.82 Å². The molecule has 1 aliphatic heterocycles. The minimum atomic E-state index is 0.516. The highest BCUT2D eigenvalue weighted by Crippen LogP contribution is 2.29. The number of nitrogens with zero attached hydrogens (tertiary/aromatic N) is 2. The van der Waals surface area contributed by atoms with Crippen molar-refractivity contribution in [2.24, 2.45) is 0 Å². The average Bonchev–Trinajstić information content (AvgIpc) is 3.00. The van der Waals surface area contributed by atoms with Crippen molar-refractivity contribution in [1.82, 2.24) is 9.97 Å². The number of thiophene rings is 1. The van der Waals surface area contributed by atoms with Crippen molar-refractivity contribution in [1.29, 1.82) is 0 Å². The van der Waals surface area contributed by atoms with Crippen LogP contribution in [0, 0.1) is 6.92 Å². The Morgan fingerprint density at radius 2 is 1.96 bits per heavy atom. The molecule has 2 aromatic heterocycles. The van der Waals surface area contributed by atoms with Crippen LogP contribution in [0.3, 0.4) is 0 Å². The summed E-state index contributed by atoms with van der Waals surface area (Å²) in [6.45, 7) is 5.70. The van der Waals surface area contributed by atoms with Gasteiger partial charge in [-0.2, -0.15) is 0 Å². The summed E-state index contributed by atoms with van der Waals surface area (Å²) in [5, 5.41) is 7.04. The standard InChI is InChI=1S/C19H22N4S/c1-14-12-24-19-17(14)18(20-13-21-19)22-16-7-9-23(10-8-16)11-15-5-3-2-4-6-15/h2-6,12-13,16H,7-11H2,1H3,(H,20,21,22)/p+1. The Hall–Kier alpha value is -1.98. The zero-order valence-corrected chi connectivity index (χ0v) is 14.8. The zero-order chi connectivity index (χ0) is 16.4. The number of likely N-dealkylation sites (tertiary alicyclic amines) is 1. The number of nitrogens with one attached hydrogen (secondary N) is 2. The molecule has 2 N–H and O–H groups in total. The summed E-state index contributed by atoms with van der Waals surface area (Å²) < 4.78 is 0. The smallest absolute Gasteiger partial charge is 0.138 e. The molecule has 5 heteroatoms. The molecule has 0 atom stereocenters. The van der Waals surface area contributed by atoms with E-state index in [0.717, 1.165) is 17.2 Å². The molecule has 0 amide bonds. The predicted molar refractivity (Wildman–Crippen MR) is 99.6 cm³/mol. The molecule has 0 unspecified atom stereocenters. The van der Waals surface area contributed by atoms with E-state index in [-0.39, 0.29) is 0 Å². The number of hydrogen-bond acceptors (Lipinski definition) is 4. The van der Waals surface area contributed by atoms with Crippen molar-refractivity contribution in [2.45, 2.75) is 32.4 Å². The number of anilines is 1. The van der Waals surface area contributed by atoms with E-state index in [1.54, 1.807) is 22.6 Å². The van der Waals surface area contributed by atoms with Crippen LogP contribution in [-0.4, -0.2) is 29.1 Å². The van der Waals surface area contributed by atoms with Gasteiger partial charge >= 0.3 is 0 Å². The maximum atomic E-state index is 4.50. The van der Waals surface area contributed by atoms with E-state index in [1.165, 1.54) is 42.4 Å². The first-order valence-electron chi connectivity index (χ1n) is 8.62. The van der Waals surface area contributed by atoms with Crippen molar-refractivity contribution in [3.8, 4) is 0 Å². The summed E-state index contributed by atoms with van der Waals surface area (Å²) in [5.74, 6) is 1.01. The van der Waals surface area contributed by atoms with Gasteiger partial charge in [-0.3, -0.25) is 0 Å². The second-order valence-corrected chi connectivity index (χ2v) is 7.51. The average molecular weight is 339 g/mol. The van der Waals surface area contributed by atoms with Gasteiger partial charge in [0.2, 0.25) is 0 Å². The Kier molecular flexibility index (Phi) is 4.45. The Morgan fingerprint density at radius 1 is 1.17 bits per heavy atom. The van der Waals surface area contributed by atoms with E-state index in [0.29, 0.717) is 6.04 Å². The number of hydrogen-bond donors (Lipinski definition) is 2. The second-order valence-electron chi connectivity index (χ2n) is 6.65. The van der Waals surface area contributed by atoms with E-state index in [4.69, 9.17) is 0 Å². The fraction of sp³-hybridized carbons (Fsp3) is 0.368. The van der Waals surface area contributed by atoms with Crippen LogP contribution >= 0.6 is 11.3 Å². The van der Waals surface area contributed by atoms with Crippen LogP contribution in [0.1, 0.15) is 24.0 Å². The first kappa shape index (κ1) is 15.5. The summed E-state index contributed by atoms with van der Waals surface area (Å²) in [7, 11) is 0. The van der Waals surface area contributed by atoms with Crippen LogP contribution in [-0.2, 0) is 6.54 Å². The molecule has 0 radical (unpaired) electrons. The predicted octanol–water partition coefficient (Wildman–Crippen LogP) is 2.66. The molecule has 1 fully saturated rings. The SMILES string of the molecule is Cc1csc2ncnc(NC3CC[NH+](Cc4ccccc4)CC3)c12. The third-order valence-electron chi connectivity index (χ3n) is 4.88. The van der Waals surface area contributed by atoms with Gasteiger partial charge in [0.1, 0.15) is 23.5 Å². The Labute approximate surface area is 146 Å². The van der Waals surface area contributed by atoms with E-state index in [2.05, 4.69) is 57.9 Å². The van der Waals surface area contributed by atoms with Crippen molar-refractivity contribution in [3.05, 3.63) is 53.2 Å². The van der Waals surface area contributed by atoms with Crippen LogP contribution < -0.4 is 10.2 Å². The van der Waals surface area contributed by atoms with Crippen molar-refractivity contribution in [2.75, 3.05) is 18.4 Å². The number of piperidine rings is 1. The first-order valence-corrected chi connectivity index (χ1v) is 9.50. The van der Waals surface area contributed by atoms with Gasteiger partial charge in [0.25, 0.3) is 0 Å². The summed E-state index contributed by atoms with van der Waals surface area (Å²) in [5.41, 5.74) is 2.70. The molecule has 124 valence electrons. The maximum absolute atomic E-state index is 4.50. The topological polar surface area (TPSA) is 42.2 Å². The number of fused-ring (bicyclic) bond motifs is 1. The lowest BCUT2D eigenvalue weighted by molar-refractivity contribution is -0.918. The largest absolute Gasteiger partial charge is 0.366 e. The van der Waals surface area contributed by atoms with E-state index in [1.807, 2.05) is 0 Å². The van der Waals surface area contributed by atoms with E-state index < -0.39 is 0 Å². The monoisotopic (exact) mass is 339 g/mol. The van der Waals surface area contributed by atoms with Crippen LogP contribution in [0.2, 0.25) is 0 Å². The molecule has 0 bridgehead atoms. The second kappa shape index (κ2) is 6.87. The fourth-order valence-corrected chi connectivity index (χ4v) is 4.44. The molecule has 24 heavy (non-hydrogen) atoms. The molecule has 0 saturated carbocycles. The molecule has 3 heterocycles. The van der Waals surface area contributed by atoms with E-state index in [9.17, 15) is 0 Å². The van der Waals surface area contributed by atoms with Gasteiger partial charge in [0.05, 0.1) is 18.5 Å². The molecular weight excluding hydrogens is 316 g/mol. The minimum absolute atomic E-state index is 0.516. The molecular formula is C19H23N4S+. The highest BCUT2D eigenvalue weighted by molar-refractivity contribution is 7.17. The first-order chi connectivity index (χ1) is 11.8. The molecule has 4 rings (SSSR count). The highest BCUT2D eigenvalue weighted by atomic mass is 32.1. The van der Waals surface area contributed by atoms with Gasteiger partial charge in [0, 0.05) is 24.4 Å². The molecule has 4 nitrogen and oxygen atoms in total. The summed E-state index contributed by atoms with van der Waals surface area (Å²) in [6, 6.07) is 11.3. The maximum Gasteiger partial charge on any atom is 0.138 e. The lowest BCUT2D eigenvalue weighted by Crippen LogP contribution is -3.12. The van der Waals surface area contributed by atoms with Gasteiger partial charge in [-0.1, -0.05) is 30.3 Å². The van der Waals surface area contributed by atoms with Crippen LogP contribution in [0.15, 0.2) is 42.0 Å². The normalized spacial score (nSPS) is 21.0. The lowest BCUT2D eigenvalue weighted by atomic mass is 10.0. The summed E-state index contributed by atoms with van der Waals surface area (Å²) >= 11 is 1.70. The summed E-state index contributed by atoms with van der Waals surface area (Å²) in [4.78, 5) is 11.6. The molecule has 1 aromatic carbocycles. The number of benzene rings is 1. The van der Waals surface area contributed by atoms with E-state index >= 15 is 0 Å². The Bertz CT molecular complexity index is 807. The third-order valence-corrected chi connectivity index (χ3v) is 5.89. The highest BCUT2D eigenvalue weighted by Gasteiger charge is 2.23. The number of quaternary nitrogens is 1. The zero-order valence-electron chi connectivity index (χ0n) is 14.0. The van der Waals surface area contributed by atoms with Gasteiger partial charge in [0.15, 0.2) is 0 Å². The van der Waals surface area contributed by atoms with Crippen molar-refractivity contribution >= 4 is 27.4 Å². The third kappa shape index (κ3) is 3.28. The van der Waals surface area contributed by atoms with Crippen molar-refractivity contribution in [3.63, 3.8) is 0 Å². The molecule has 1 aliphatic rings.